The Kier molecular flexibility index (Phi) is 3.86. The van der Waals surface area contributed by atoms with Crippen LogP contribution < -0.4 is 4.74 Å². The van der Waals surface area contributed by atoms with Crippen LogP contribution in [0.5, 0.6) is 5.75 Å². The second kappa shape index (κ2) is 4.78. The minimum Gasteiger partial charge on any atom is -0.404 e. The molecule has 0 aromatic heterocycles. The lowest BCUT2D eigenvalue weighted by Crippen LogP contribution is -2.17. The molecule has 0 heterocycles. The summed E-state index contributed by atoms with van der Waals surface area (Å²) in [6.07, 6.45) is -4.24. The molecule has 5 heteroatoms. The first-order chi connectivity index (χ1) is 7.28. The van der Waals surface area contributed by atoms with Crippen molar-refractivity contribution in [2.45, 2.75) is 19.7 Å². The van der Waals surface area contributed by atoms with Gasteiger partial charge in [-0.25, -0.2) is 0 Å². The highest BCUT2D eigenvalue weighted by molar-refractivity contribution is 6.32. The summed E-state index contributed by atoms with van der Waals surface area (Å²) in [5.41, 5.74) is 1.52. The number of benzene rings is 1. The lowest BCUT2D eigenvalue weighted by atomic mass is 10.1. The number of alkyl halides is 3. The quantitative estimate of drug-likeness (QED) is 0.725. The number of hydrogen-bond donors (Lipinski definition) is 0. The average Bonchev–Trinajstić information content (AvgIpc) is 2.07. The zero-order valence-corrected chi connectivity index (χ0v) is 9.32. The fraction of sp³-hybridized carbons (Fsp3) is 0.273. The van der Waals surface area contributed by atoms with E-state index < -0.39 is 6.36 Å². The molecular formula is C11H10ClF3O. The highest BCUT2D eigenvalue weighted by Gasteiger charge is 2.32. The average molecular weight is 251 g/mol. The van der Waals surface area contributed by atoms with Crippen LogP contribution in [0.4, 0.5) is 13.2 Å². The molecule has 0 aliphatic carbocycles. The molecule has 0 spiro atoms. The summed E-state index contributed by atoms with van der Waals surface area (Å²) in [6.45, 7) is 5.47. The SMILES string of the molecule is C=C(C)Cc1ccc(Cl)c(OC(F)(F)F)c1. The Hall–Kier alpha value is -1.16. The van der Waals surface area contributed by atoms with Gasteiger partial charge in [0.2, 0.25) is 0 Å². The first kappa shape index (κ1) is 12.9. The van der Waals surface area contributed by atoms with Crippen LogP contribution in [0.15, 0.2) is 30.4 Å². The topological polar surface area (TPSA) is 9.23 Å². The molecule has 0 saturated carbocycles. The van der Waals surface area contributed by atoms with Crippen molar-refractivity contribution in [1.82, 2.24) is 0 Å². The second-order valence-corrected chi connectivity index (χ2v) is 3.85. The van der Waals surface area contributed by atoms with E-state index in [-0.39, 0.29) is 10.8 Å². The van der Waals surface area contributed by atoms with Crippen molar-refractivity contribution in [2.24, 2.45) is 0 Å². The first-order valence-corrected chi connectivity index (χ1v) is 4.84. The molecule has 0 fully saturated rings. The molecule has 0 aliphatic heterocycles. The smallest absolute Gasteiger partial charge is 0.404 e. The van der Waals surface area contributed by atoms with Crippen molar-refractivity contribution in [3.05, 3.63) is 40.9 Å². The van der Waals surface area contributed by atoms with Crippen molar-refractivity contribution in [3.8, 4) is 5.75 Å². The van der Waals surface area contributed by atoms with Gasteiger partial charge in [0, 0.05) is 0 Å². The highest BCUT2D eigenvalue weighted by Crippen LogP contribution is 2.31. The Morgan fingerprint density at radius 2 is 2.06 bits per heavy atom. The number of rotatable bonds is 3. The Morgan fingerprint density at radius 1 is 1.44 bits per heavy atom. The van der Waals surface area contributed by atoms with Crippen LogP contribution in [-0.4, -0.2) is 6.36 Å². The van der Waals surface area contributed by atoms with Crippen LogP contribution in [0, 0.1) is 0 Å². The van der Waals surface area contributed by atoms with E-state index in [2.05, 4.69) is 11.3 Å². The van der Waals surface area contributed by atoms with Crippen molar-refractivity contribution in [2.75, 3.05) is 0 Å². The fourth-order valence-electron chi connectivity index (χ4n) is 1.21. The van der Waals surface area contributed by atoms with Crippen LogP contribution in [0.2, 0.25) is 5.02 Å². The van der Waals surface area contributed by atoms with Crippen LogP contribution in [0.25, 0.3) is 0 Å². The van der Waals surface area contributed by atoms with Crippen molar-refractivity contribution in [3.63, 3.8) is 0 Å². The number of allylic oxidation sites excluding steroid dienone is 1. The van der Waals surface area contributed by atoms with Gasteiger partial charge in [0.05, 0.1) is 5.02 Å². The molecule has 0 N–H and O–H groups in total. The third kappa shape index (κ3) is 4.14. The lowest BCUT2D eigenvalue weighted by Gasteiger charge is -2.11. The Bertz CT molecular complexity index is 399. The van der Waals surface area contributed by atoms with E-state index in [4.69, 9.17) is 11.6 Å². The molecule has 88 valence electrons. The molecular weight excluding hydrogens is 241 g/mol. The van der Waals surface area contributed by atoms with E-state index in [1.54, 1.807) is 13.0 Å². The molecule has 1 nitrogen and oxygen atoms in total. The van der Waals surface area contributed by atoms with Gasteiger partial charge >= 0.3 is 6.36 Å². The molecule has 1 aromatic carbocycles. The maximum absolute atomic E-state index is 12.0. The zero-order chi connectivity index (χ0) is 12.3. The molecule has 0 atom stereocenters. The first-order valence-electron chi connectivity index (χ1n) is 4.46. The van der Waals surface area contributed by atoms with E-state index in [9.17, 15) is 13.2 Å². The summed E-state index contributed by atoms with van der Waals surface area (Å²) in [6, 6.07) is 4.28. The van der Waals surface area contributed by atoms with Crippen LogP contribution >= 0.6 is 11.6 Å². The minimum atomic E-state index is -4.73. The van der Waals surface area contributed by atoms with Gasteiger partial charge in [0.25, 0.3) is 0 Å². The second-order valence-electron chi connectivity index (χ2n) is 3.45. The summed E-state index contributed by atoms with van der Waals surface area (Å²) in [5, 5.41) is -0.0669. The Morgan fingerprint density at radius 3 is 2.56 bits per heavy atom. The molecule has 0 bridgehead atoms. The van der Waals surface area contributed by atoms with E-state index in [0.29, 0.717) is 12.0 Å². The third-order valence-corrected chi connectivity index (χ3v) is 2.04. The number of ether oxygens (including phenoxy) is 1. The van der Waals surface area contributed by atoms with E-state index in [1.165, 1.54) is 12.1 Å². The summed E-state index contributed by atoms with van der Waals surface area (Å²) < 4.78 is 39.8. The predicted octanol–water partition coefficient (Wildman–Crippen LogP) is 4.36. The fourth-order valence-corrected chi connectivity index (χ4v) is 1.37. The van der Waals surface area contributed by atoms with Crippen molar-refractivity contribution in [1.29, 1.82) is 0 Å². The molecule has 0 radical (unpaired) electrons. The van der Waals surface area contributed by atoms with E-state index in [0.717, 1.165) is 5.57 Å². The van der Waals surface area contributed by atoms with Gasteiger partial charge < -0.3 is 4.74 Å². The van der Waals surface area contributed by atoms with E-state index >= 15 is 0 Å². The summed E-state index contributed by atoms with van der Waals surface area (Å²) in [4.78, 5) is 0. The van der Waals surface area contributed by atoms with Crippen LogP contribution in [0.1, 0.15) is 12.5 Å². The molecule has 0 saturated heterocycles. The van der Waals surface area contributed by atoms with Crippen LogP contribution in [-0.2, 0) is 6.42 Å². The molecule has 0 aliphatic rings. The Balaban J connectivity index is 2.95. The van der Waals surface area contributed by atoms with Crippen LogP contribution in [0.3, 0.4) is 0 Å². The van der Waals surface area contributed by atoms with Gasteiger partial charge in [-0.05, 0) is 31.0 Å². The van der Waals surface area contributed by atoms with Gasteiger partial charge in [-0.3, -0.25) is 0 Å². The third-order valence-electron chi connectivity index (χ3n) is 1.73. The normalized spacial score (nSPS) is 11.3. The summed E-state index contributed by atoms with van der Waals surface area (Å²) >= 11 is 5.59. The molecule has 16 heavy (non-hydrogen) atoms. The molecule has 1 rings (SSSR count). The Labute approximate surface area is 96.5 Å². The minimum absolute atomic E-state index is 0.0669. The summed E-state index contributed by atoms with van der Waals surface area (Å²) in [7, 11) is 0. The molecule has 0 unspecified atom stereocenters. The zero-order valence-electron chi connectivity index (χ0n) is 8.57. The standard InChI is InChI=1S/C11H10ClF3O/c1-7(2)5-8-3-4-9(12)10(6-8)16-11(13,14)15/h3-4,6H,1,5H2,2H3. The number of hydrogen-bond acceptors (Lipinski definition) is 1. The van der Waals surface area contributed by atoms with Gasteiger partial charge in [-0.15, -0.1) is 13.2 Å². The van der Waals surface area contributed by atoms with Gasteiger partial charge in [-0.1, -0.05) is 29.8 Å². The van der Waals surface area contributed by atoms with Gasteiger partial charge in [-0.2, -0.15) is 0 Å². The maximum Gasteiger partial charge on any atom is 0.573 e. The van der Waals surface area contributed by atoms with Gasteiger partial charge in [0.1, 0.15) is 5.75 Å². The van der Waals surface area contributed by atoms with Gasteiger partial charge in [0.15, 0.2) is 0 Å². The van der Waals surface area contributed by atoms with E-state index in [1.807, 2.05) is 0 Å². The highest BCUT2D eigenvalue weighted by atomic mass is 35.5. The van der Waals surface area contributed by atoms with Crippen molar-refractivity contribution < 1.29 is 17.9 Å². The molecule has 1 aromatic rings. The molecule has 0 amide bonds. The number of halogens is 4. The predicted molar refractivity (Wildman–Crippen MR) is 56.7 cm³/mol. The van der Waals surface area contributed by atoms with Crippen molar-refractivity contribution >= 4 is 11.6 Å². The maximum atomic E-state index is 12.0. The largest absolute Gasteiger partial charge is 0.573 e. The monoisotopic (exact) mass is 250 g/mol. The lowest BCUT2D eigenvalue weighted by molar-refractivity contribution is -0.274. The summed E-state index contributed by atoms with van der Waals surface area (Å²) in [5.74, 6) is -0.382.